The molecule has 0 unspecified atom stereocenters. The Kier molecular flexibility index (Phi) is 4.41. The van der Waals surface area contributed by atoms with Crippen LogP contribution in [0.5, 0.6) is 5.75 Å². The van der Waals surface area contributed by atoms with Crippen LogP contribution in [0.4, 0.5) is 0 Å². The van der Waals surface area contributed by atoms with Gasteiger partial charge in [0, 0.05) is 17.6 Å². The molecule has 1 aliphatic rings. The van der Waals surface area contributed by atoms with Gasteiger partial charge in [0.1, 0.15) is 5.75 Å². The number of hydrogen-bond acceptors (Lipinski definition) is 3. The van der Waals surface area contributed by atoms with Crippen molar-refractivity contribution in [1.82, 2.24) is 4.57 Å². The lowest BCUT2D eigenvalue weighted by Gasteiger charge is -2.16. The number of rotatable bonds is 4. The number of aromatic nitrogens is 1. The minimum absolute atomic E-state index is 0.276. The summed E-state index contributed by atoms with van der Waals surface area (Å²) in [5.74, 6) is 0.574. The predicted octanol–water partition coefficient (Wildman–Crippen LogP) is 4.36. The first-order valence-corrected chi connectivity index (χ1v) is 9.07. The Bertz CT molecular complexity index is 954. The van der Waals surface area contributed by atoms with Crippen LogP contribution < -0.4 is 4.74 Å². The van der Waals surface area contributed by atoms with Gasteiger partial charge in [-0.3, -0.25) is 0 Å². The maximum Gasteiger partial charge on any atom is 0.340 e. The fourth-order valence-corrected chi connectivity index (χ4v) is 4.05. The molecule has 0 aliphatic heterocycles. The molecular formula is C22H23NO3. The molecule has 4 nitrogen and oxygen atoms in total. The highest BCUT2D eigenvalue weighted by Crippen LogP contribution is 2.35. The lowest BCUT2D eigenvalue weighted by atomic mass is 9.95. The van der Waals surface area contributed by atoms with Crippen molar-refractivity contribution in [2.45, 2.75) is 32.2 Å². The number of para-hydroxylation sites is 1. The summed E-state index contributed by atoms with van der Waals surface area (Å²) < 4.78 is 12.6. The number of nitrogens with zero attached hydrogens (tertiary/aromatic N) is 1. The van der Waals surface area contributed by atoms with Gasteiger partial charge in [-0.15, -0.1) is 0 Å². The van der Waals surface area contributed by atoms with Gasteiger partial charge in [-0.1, -0.05) is 24.3 Å². The van der Waals surface area contributed by atoms with Crippen molar-refractivity contribution in [1.29, 1.82) is 0 Å². The van der Waals surface area contributed by atoms with E-state index < -0.39 is 0 Å². The number of methoxy groups -OCH3 is 2. The van der Waals surface area contributed by atoms with Crippen LogP contribution in [0.25, 0.3) is 10.9 Å². The van der Waals surface area contributed by atoms with Gasteiger partial charge < -0.3 is 14.0 Å². The third-order valence-corrected chi connectivity index (χ3v) is 5.30. The summed E-state index contributed by atoms with van der Waals surface area (Å²) in [6.07, 6.45) is 4.53. The number of esters is 1. The Balaban J connectivity index is 1.89. The van der Waals surface area contributed by atoms with E-state index in [4.69, 9.17) is 9.47 Å². The molecular weight excluding hydrogens is 326 g/mol. The molecule has 4 heteroatoms. The number of aryl methyl sites for hydroxylation is 1. The van der Waals surface area contributed by atoms with Crippen molar-refractivity contribution in [3.63, 3.8) is 0 Å². The summed E-state index contributed by atoms with van der Waals surface area (Å²) in [5.41, 5.74) is 5.59. The van der Waals surface area contributed by atoms with E-state index in [-0.39, 0.29) is 5.97 Å². The summed E-state index contributed by atoms with van der Waals surface area (Å²) in [6.45, 7) is 0.740. The maximum atomic E-state index is 12.4. The van der Waals surface area contributed by atoms with Crippen LogP contribution in [0.15, 0.2) is 42.5 Å². The van der Waals surface area contributed by atoms with Crippen molar-refractivity contribution in [3.05, 3.63) is 64.8 Å². The summed E-state index contributed by atoms with van der Waals surface area (Å²) in [6, 6.07) is 14.1. The molecule has 2 aromatic carbocycles. The van der Waals surface area contributed by atoms with Gasteiger partial charge in [-0.2, -0.15) is 0 Å². The van der Waals surface area contributed by atoms with Crippen molar-refractivity contribution < 1.29 is 14.3 Å². The molecule has 0 saturated heterocycles. The smallest absolute Gasteiger partial charge is 0.340 e. The summed E-state index contributed by atoms with van der Waals surface area (Å²) in [7, 11) is 3.12. The van der Waals surface area contributed by atoms with Gasteiger partial charge in [-0.05, 0) is 55.0 Å². The van der Waals surface area contributed by atoms with Gasteiger partial charge in [-0.25, -0.2) is 4.79 Å². The monoisotopic (exact) mass is 349 g/mol. The van der Waals surface area contributed by atoms with E-state index in [0.717, 1.165) is 30.7 Å². The van der Waals surface area contributed by atoms with Crippen LogP contribution in [-0.4, -0.2) is 24.8 Å². The molecule has 0 saturated carbocycles. The molecule has 1 aromatic heterocycles. The second kappa shape index (κ2) is 6.87. The Morgan fingerprint density at radius 2 is 1.81 bits per heavy atom. The zero-order chi connectivity index (χ0) is 18.1. The molecule has 0 bridgehead atoms. The van der Waals surface area contributed by atoms with E-state index in [2.05, 4.69) is 22.8 Å². The zero-order valence-electron chi connectivity index (χ0n) is 15.2. The third kappa shape index (κ3) is 2.75. The molecule has 0 atom stereocenters. The van der Waals surface area contributed by atoms with E-state index >= 15 is 0 Å². The quantitative estimate of drug-likeness (QED) is 0.657. The van der Waals surface area contributed by atoms with E-state index in [1.54, 1.807) is 7.11 Å². The fraction of sp³-hybridized carbons (Fsp3) is 0.318. The van der Waals surface area contributed by atoms with Crippen LogP contribution in [0.1, 0.15) is 40.0 Å². The molecule has 1 heterocycles. The second-order valence-electron chi connectivity index (χ2n) is 6.76. The molecule has 0 radical (unpaired) electrons. The average molecular weight is 349 g/mol. The van der Waals surface area contributed by atoms with E-state index in [9.17, 15) is 4.79 Å². The molecule has 0 fully saturated rings. The minimum Gasteiger partial charge on any atom is -0.497 e. The number of carbonyl (C=O) groups is 1. The maximum absolute atomic E-state index is 12.4. The molecule has 26 heavy (non-hydrogen) atoms. The molecule has 3 aromatic rings. The number of fused-ring (bicyclic) bond motifs is 3. The van der Waals surface area contributed by atoms with Crippen LogP contribution in [-0.2, 0) is 24.1 Å². The normalized spacial score (nSPS) is 13.5. The number of benzene rings is 2. The summed E-state index contributed by atoms with van der Waals surface area (Å²) >= 11 is 0. The van der Waals surface area contributed by atoms with Crippen molar-refractivity contribution in [2.24, 2.45) is 0 Å². The number of ether oxygens (including phenoxy) is 2. The van der Waals surface area contributed by atoms with Gasteiger partial charge in [0.05, 0.1) is 25.3 Å². The molecule has 4 rings (SSSR count). The summed E-state index contributed by atoms with van der Waals surface area (Å²) in [4.78, 5) is 12.4. The fourth-order valence-electron chi connectivity index (χ4n) is 4.05. The lowest BCUT2D eigenvalue weighted by molar-refractivity contribution is 0.0602. The van der Waals surface area contributed by atoms with Gasteiger partial charge in [0.15, 0.2) is 0 Å². The van der Waals surface area contributed by atoms with Crippen molar-refractivity contribution in [2.75, 3.05) is 14.2 Å². The Morgan fingerprint density at radius 3 is 2.54 bits per heavy atom. The molecule has 0 N–H and O–H groups in total. The zero-order valence-corrected chi connectivity index (χ0v) is 15.2. The standard InChI is InChI=1S/C22H23NO3/c1-25-16-12-10-15(11-13-16)14-23-20-9-4-3-6-17(20)18-7-5-8-19(21(18)23)22(24)26-2/h5,7-8,10-13H,3-4,6,9,14H2,1-2H3. The van der Waals surface area contributed by atoms with Crippen LogP contribution >= 0.6 is 0 Å². The van der Waals surface area contributed by atoms with Crippen LogP contribution in [0.3, 0.4) is 0 Å². The van der Waals surface area contributed by atoms with Gasteiger partial charge >= 0.3 is 5.97 Å². The van der Waals surface area contributed by atoms with Crippen molar-refractivity contribution in [3.8, 4) is 5.75 Å². The van der Waals surface area contributed by atoms with E-state index in [0.29, 0.717) is 5.56 Å². The second-order valence-corrected chi connectivity index (χ2v) is 6.76. The number of carbonyl (C=O) groups excluding carboxylic acids is 1. The van der Waals surface area contributed by atoms with Crippen molar-refractivity contribution >= 4 is 16.9 Å². The minimum atomic E-state index is -0.276. The molecule has 0 spiro atoms. The highest BCUT2D eigenvalue weighted by Gasteiger charge is 2.24. The Labute approximate surface area is 153 Å². The summed E-state index contributed by atoms with van der Waals surface area (Å²) in [5, 5.41) is 1.19. The number of hydrogen-bond donors (Lipinski definition) is 0. The highest BCUT2D eigenvalue weighted by atomic mass is 16.5. The van der Waals surface area contributed by atoms with Gasteiger partial charge in [0.25, 0.3) is 0 Å². The SMILES string of the molecule is COC(=O)c1cccc2c3c(n(Cc4ccc(OC)cc4)c12)CCCC3. The first-order chi connectivity index (χ1) is 12.7. The van der Waals surface area contributed by atoms with Gasteiger partial charge in [0.2, 0.25) is 0 Å². The third-order valence-electron chi connectivity index (χ3n) is 5.30. The van der Waals surface area contributed by atoms with E-state index in [1.165, 1.54) is 42.2 Å². The lowest BCUT2D eigenvalue weighted by Crippen LogP contribution is -2.11. The van der Waals surface area contributed by atoms with Crippen LogP contribution in [0, 0.1) is 0 Å². The van der Waals surface area contributed by atoms with Crippen LogP contribution in [0.2, 0.25) is 0 Å². The first-order valence-electron chi connectivity index (χ1n) is 9.07. The topological polar surface area (TPSA) is 40.5 Å². The first kappa shape index (κ1) is 16.7. The van der Waals surface area contributed by atoms with E-state index in [1.807, 2.05) is 24.3 Å². The Hall–Kier alpha value is -2.75. The Morgan fingerprint density at radius 1 is 1.04 bits per heavy atom. The predicted molar refractivity (Wildman–Crippen MR) is 102 cm³/mol. The highest BCUT2D eigenvalue weighted by molar-refractivity contribution is 6.04. The largest absolute Gasteiger partial charge is 0.497 e. The molecule has 1 aliphatic carbocycles. The molecule has 134 valence electrons. The molecule has 0 amide bonds. The average Bonchev–Trinajstić information content (AvgIpc) is 3.02.